The van der Waals surface area contributed by atoms with Crippen molar-refractivity contribution in [2.45, 2.75) is 38.8 Å². The number of nitrogens with one attached hydrogen (secondary N) is 2. The van der Waals surface area contributed by atoms with E-state index >= 15 is 0 Å². The van der Waals surface area contributed by atoms with E-state index in [1.165, 1.54) is 3.57 Å². The molecule has 0 radical (unpaired) electrons. The average Bonchev–Trinajstić information content (AvgIpc) is 3.23. The number of aromatic nitrogens is 2. The Morgan fingerprint density at radius 2 is 2.15 bits per heavy atom. The molecule has 0 bridgehead atoms. The Labute approximate surface area is 171 Å². The van der Waals surface area contributed by atoms with Crippen LogP contribution in [0.15, 0.2) is 30.5 Å². The Balaban J connectivity index is 1.56. The number of pyridine rings is 1. The van der Waals surface area contributed by atoms with E-state index in [0.717, 1.165) is 34.0 Å². The predicted octanol–water partition coefficient (Wildman–Crippen LogP) is 4.74. The van der Waals surface area contributed by atoms with Crippen molar-refractivity contribution in [1.29, 1.82) is 0 Å². The van der Waals surface area contributed by atoms with Gasteiger partial charge in [-0.15, -0.1) is 0 Å². The van der Waals surface area contributed by atoms with Crippen LogP contribution in [0.3, 0.4) is 0 Å². The van der Waals surface area contributed by atoms with Crippen molar-refractivity contribution in [2.75, 3.05) is 18.4 Å². The first-order valence-electron chi connectivity index (χ1n) is 9.11. The van der Waals surface area contributed by atoms with Gasteiger partial charge in [0.25, 0.3) is 0 Å². The van der Waals surface area contributed by atoms with E-state index in [9.17, 15) is 4.79 Å². The second-order valence-electron chi connectivity index (χ2n) is 7.94. The molecule has 6 nitrogen and oxygen atoms in total. The third-order valence-electron chi connectivity index (χ3n) is 4.64. The van der Waals surface area contributed by atoms with Crippen LogP contribution in [0.4, 0.5) is 10.6 Å². The number of aromatic amines is 1. The number of carbonyl (C=O) groups excluding carboxylic acids is 1. The molecule has 0 aliphatic carbocycles. The van der Waals surface area contributed by atoms with Gasteiger partial charge in [0.1, 0.15) is 11.4 Å². The van der Waals surface area contributed by atoms with Crippen LogP contribution in [-0.4, -0.2) is 45.7 Å². The summed E-state index contributed by atoms with van der Waals surface area (Å²) in [6, 6.07) is 8.46. The van der Waals surface area contributed by atoms with Crippen LogP contribution in [0.25, 0.3) is 21.8 Å². The molecule has 1 fully saturated rings. The molecule has 2 aromatic heterocycles. The van der Waals surface area contributed by atoms with Crippen LogP contribution in [0.5, 0.6) is 0 Å². The van der Waals surface area contributed by atoms with Crippen LogP contribution in [-0.2, 0) is 4.74 Å². The molecule has 1 aromatic carbocycles. The summed E-state index contributed by atoms with van der Waals surface area (Å²) in [6.45, 7) is 6.97. The lowest BCUT2D eigenvalue weighted by molar-refractivity contribution is 0.0293. The van der Waals surface area contributed by atoms with Gasteiger partial charge in [-0.1, -0.05) is 0 Å². The Morgan fingerprint density at radius 3 is 2.93 bits per heavy atom. The second kappa shape index (κ2) is 6.85. The summed E-state index contributed by atoms with van der Waals surface area (Å²) < 4.78 is 6.67. The van der Waals surface area contributed by atoms with Crippen molar-refractivity contribution < 1.29 is 9.53 Å². The van der Waals surface area contributed by atoms with Crippen LogP contribution in [0.1, 0.15) is 27.2 Å². The average molecular weight is 478 g/mol. The van der Waals surface area contributed by atoms with E-state index in [0.29, 0.717) is 13.1 Å². The lowest BCUT2D eigenvalue weighted by atomic mass is 10.1. The molecule has 1 aliphatic heterocycles. The largest absolute Gasteiger partial charge is 0.444 e. The van der Waals surface area contributed by atoms with E-state index in [1.807, 2.05) is 39.1 Å². The minimum absolute atomic E-state index is 0.157. The minimum Gasteiger partial charge on any atom is -0.444 e. The molecule has 2 N–H and O–H groups in total. The van der Waals surface area contributed by atoms with Gasteiger partial charge in [-0.25, -0.2) is 9.78 Å². The number of halogens is 1. The van der Waals surface area contributed by atoms with Gasteiger partial charge in [0.05, 0.1) is 11.0 Å². The number of nitrogens with zero attached hydrogens (tertiary/aromatic N) is 2. The Bertz CT molecular complexity index is 1010. The molecule has 4 rings (SSSR count). The first kappa shape index (κ1) is 18.3. The second-order valence-corrected chi connectivity index (χ2v) is 9.19. The van der Waals surface area contributed by atoms with Gasteiger partial charge in [0.15, 0.2) is 0 Å². The zero-order chi connectivity index (χ0) is 19.2. The summed E-state index contributed by atoms with van der Waals surface area (Å²) in [7, 11) is 0. The Morgan fingerprint density at radius 1 is 1.33 bits per heavy atom. The van der Waals surface area contributed by atoms with Crippen molar-refractivity contribution in [1.82, 2.24) is 14.9 Å². The Kier molecular flexibility index (Phi) is 4.65. The molecule has 1 atom stereocenters. The number of amides is 1. The monoisotopic (exact) mass is 478 g/mol. The van der Waals surface area contributed by atoms with E-state index in [1.54, 1.807) is 4.90 Å². The van der Waals surface area contributed by atoms with Gasteiger partial charge in [0.2, 0.25) is 0 Å². The Hall–Kier alpha value is -2.03. The summed E-state index contributed by atoms with van der Waals surface area (Å²) in [5.74, 6) is 0.857. The number of benzene rings is 1. The van der Waals surface area contributed by atoms with Gasteiger partial charge >= 0.3 is 6.09 Å². The lowest BCUT2D eigenvalue weighted by Gasteiger charge is -2.24. The summed E-state index contributed by atoms with van der Waals surface area (Å²) in [6.07, 6.45) is 2.57. The molecule has 1 saturated heterocycles. The molecular formula is C20H23IN4O2. The number of carbonyl (C=O) groups is 1. The van der Waals surface area contributed by atoms with Crippen molar-refractivity contribution in [3.05, 3.63) is 34.0 Å². The molecule has 1 unspecified atom stereocenters. The van der Waals surface area contributed by atoms with Gasteiger partial charge in [0, 0.05) is 39.7 Å². The third-order valence-corrected chi connectivity index (χ3v) is 5.31. The van der Waals surface area contributed by atoms with Crippen molar-refractivity contribution in [3.63, 3.8) is 0 Å². The van der Waals surface area contributed by atoms with E-state index in [4.69, 9.17) is 9.72 Å². The summed E-state index contributed by atoms with van der Waals surface area (Å²) in [4.78, 5) is 22.2. The number of hydrogen-bond acceptors (Lipinski definition) is 4. The van der Waals surface area contributed by atoms with Gasteiger partial charge in [-0.05, 0) is 74.0 Å². The van der Waals surface area contributed by atoms with Crippen LogP contribution in [0.2, 0.25) is 0 Å². The highest BCUT2D eigenvalue weighted by Gasteiger charge is 2.30. The smallest absolute Gasteiger partial charge is 0.410 e. The molecule has 1 aliphatic rings. The quantitative estimate of drug-likeness (QED) is 0.522. The molecule has 142 valence electrons. The third kappa shape index (κ3) is 3.83. The standard InChI is InChI=1S/C20H23IN4O2/c1-20(2,3)27-19(26)25-9-7-13(11-25)23-18-14-6-8-22-17(14)15-10-12(21)4-5-16(15)24-18/h4-6,8,10,13,22H,7,9,11H2,1-3H3,(H,23,24). The normalized spacial score (nSPS) is 17.6. The number of anilines is 1. The molecule has 1 amide bonds. The molecule has 3 heterocycles. The lowest BCUT2D eigenvalue weighted by Crippen LogP contribution is -2.36. The number of ether oxygens (including phenoxy) is 1. The van der Waals surface area contributed by atoms with E-state index in [2.05, 4.69) is 45.0 Å². The van der Waals surface area contributed by atoms with Crippen LogP contribution in [0, 0.1) is 3.57 Å². The number of hydrogen-bond donors (Lipinski definition) is 2. The summed E-state index contributed by atoms with van der Waals surface area (Å²) in [5.41, 5.74) is 1.56. The number of likely N-dealkylation sites (tertiary alicyclic amines) is 1. The number of rotatable bonds is 2. The number of fused-ring (bicyclic) bond motifs is 3. The highest BCUT2D eigenvalue weighted by Crippen LogP contribution is 2.30. The zero-order valence-electron chi connectivity index (χ0n) is 15.7. The van der Waals surface area contributed by atoms with Crippen LogP contribution >= 0.6 is 22.6 Å². The van der Waals surface area contributed by atoms with Gasteiger partial charge in [-0.3, -0.25) is 0 Å². The molecule has 3 aromatic rings. The maximum atomic E-state index is 12.3. The van der Waals surface area contributed by atoms with Crippen molar-refractivity contribution in [2.24, 2.45) is 0 Å². The first-order valence-corrected chi connectivity index (χ1v) is 10.2. The maximum absolute atomic E-state index is 12.3. The predicted molar refractivity (Wildman–Crippen MR) is 116 cm³/mol. The topological polar surface area (TPSA) is 70.2 Å². The van der Waals surface area contributed by atoms with Crippen molar-refractivity contribution in [3.8, 4) is 0 Å². The van der Waals surface area contributed by atoms with Gasteiger partial charge < -0.3 is 19.9 Å². The fraction of sp³-hybridized carbons (Fsp3) is 0.400. The molecule has 7 heteroatoms. The van der Waals surface area contributed by atoms with Crippen molar-refractivity contribution >= 4 is 56.3 Å². The fourth-order valence-electron chi connectivity index (χ4n) is 3.45. The minimum atomic E-state index is -0.475. The van der Waals surface area contributed by atoms with Gasteiger partial charge in [-0.2, -0.15) is 0 Å². The fourth-order valence-corrected chi connectivity index (χ4v) is 3.94. The highest BCUT2D eigenvalue weighted by atomic mass is 127. The highest BCUT2D eigenvalue weighted by molar-refractivity contribution is 14.1. The molecule has 0 saturated carbocycles. The van der Waals surface area contributed by atoms with E-state index < -0.39 is 5.60 Å². The number of H-pyrrole nitrogens is 1. The SMILES string of the molecule is CC(C)(C)OC(=O)N1CCC(Nc2nc3ccc(I)cc3c3[nH]ccc23)C1. The maximum Gasteiger partial charge on any atom is 0.410 e. The first-order chi connectivity index (χ1) is 12.8. The zero-order valence-corrected chi connectivity index (χ0v) is 17.8. The van der Waals surface area contributed by atoms with Crippen LogP contribution < -0.4 is 5.32 Å². The molecule has 0 spiro atoms. The molecule has 27 heavy (non-hydrogen) atoms. The van der Waals surface area contributed by atoms with E-state index in [-0.39, 0.29) is 12.1 Å². The summed E-state index contributed by atoms with van der Waals surface area (Å²) in [5, 5.41) is 5.73. The molecular weight excluding hydrogens is 455 g/mol. The summed E-state index contributed by atoms with van der Waals surface area (Å²) >= 11 is 2.32.